The Morgan fingerprint density at radius 2 is 1.10 bits per heavy atom. The van der Waals surface area contributed by atoms with Crippen molar-refractivity contribution in [3.63, 3.8) is 0 Å². The molecule has 2 heterocycles. The van der Waals surface area contributed by atoms with Gasteiger partial charge in [0.15, 0.2) is 0 Å². The van der Waals surface area contributed by atoms with Gasteiger partial charge in [-0.1, -0.05) is 130 Å². The van der Waals surface area contributed by atoms with Crippen molar-refractivity contribution in [3.8, 4) is 34.1 Å². The van der Waals surface area contributed by atoms with Crippen LogP contribution in [0.5, 0.6) is 23.0 Å². The van der Waals surface area contributed by atoms with Gasteiger partial charge in [-0.25, -0.2) is 0 Å². The molecule has 0 radical (unpaired) electrons. The van der Waals surface area contributed by atoms with Crippen molar-refractivity contribution < 1.29 is 9.47 Å². The van der Waals surface area contributed by atoms with Crippen molar-refractivity contribution >= 4 is 50.9 Å². The van der Waals surface area contributed by atoms with Crippen LogP contribution in [0.25, 0.3) is 21.9 Å². The first-order valence-corrected chi connectivity index (χ1v) is 16.6. The SMILES string of the molecule is CC(C)(C)c1ccc(N(c2cc3c4c(c2)Oc2ccccc2B4c2ccccc2O3)c2ccc3ccccc3c2-c2ccccc2)cc1. The predicted octanol–water partition coefficient (Wildman–Crippen LogP) is 10.0. The molecule has 0 atom stereocenters. The van der Waals surface area contributed by atoms with Gasteiger partial charge in [0.25, 0.3) is 6.71 Å². The normalized spacial score (nSPS) is 12.8. The van der Waals surface area contributed by atoms with E-state index in [0.717, 1.165) is 62.0 Å². The topological polar surface area (TPSA) is 21.7 Å². The van der Waals surface area contributed by atoms with Crippen molar-refractivity contribution in [3.05, 3.63) is 157 Å². The number of benzene rings is 7. The first-order valence-electron chi connectivity index (χ1n) is 16.6. The molecule has 4 heteroatoms. The van der Waals surface area contributed by atoms with Crippen molar-refractivity contribution in [2.24, 2.45) is 0 Å². The van der Waals surface area contributed by atoms with E-state index >= 15 is 0 Å². The van der Waals surface area contributed by atoms with Crippen LogP contribution in [0.1, 0.15) is 26.3 Å². The van der Waals surface area contributed by atoms with Crippen LogP contribution < -0.4 is 30.8 Å². The fourth-order valence-corrected chi connectivity index (χ4v) is 7.40. The van der Waals surface area contributed by atoms with Crippen LogP contribution in [-0.4, -0.2) is 6.71 Å². The van der Waals surface area contributed by atoms with E-state index in [9.17, 15) is 0 Å². The van der Waals surface area contributed by atoms with Gasteiger partial charge >= 0.3 is 0 Å². The van der Waals surface area contributed by atoms with E-state index in [4.69, 9.17) is 9.47 Å². The van der Waals surface area contributed by atoms with Crippen LogP contribution >= 0.6 is 0 Å². The Morgan fingerprint density at radius 3 is 1.75 bits per heavy atom. The summed E-state index contributed by atoms with van der Waals surface area (Å²) in [4.78, 5) is 2.36. The van der Waals surface area contributed by atoms with E-state index in [1.165, 1.54) is 21.9 Å². The highest BCUT2D eigenvalue weighted by atomic mass is 16.5. The molecule has 0 saturated carbocycles. The standard InChI is InChI=1S/C44H34BNO2/c1-44(2,3)31-22-24-32(25-23-31)46(37-26-21-29-13-7-8-16-34(29)42(37)30-14-5-4-6-15-30)33-27-40-43-41(28-33)48-39-20-12-10-18-36(39)45(43)35-17-9-11-19-38(35)47-40/h4-28H,1-3H3. The molecule has 7 aromatic carbocycles. The van der Waals surface area contributed by atoms with E-state index in [-0.39, 0.29) is 12.1 Å². The van der Waals surface area contributed by atoms with Gasteiger partial charge in [-0.2, -0.15) is 0 Å². The summed E-state index contributed by atoms with van der Waals surface area (Å²) in [6.45, 7) is 6.79. The van der Waals surface area contributed by atoms with E-state index in [2.05, 4.69) is 165 Å². The lowest BCUT2D eigenvalue weighted by atomic mass is 9.35. The largest absolute Gasteiger partial charge is 0.458 e. The summed E-state index contributed by atoms with van der Waals surface area (Å²) in [6, 6.07) is 54.0. The van der Waals surface area contributed by atoms with E-state index in [1.54, 1.807) is 0 Å². The van der Waals surface area contributed by atoms with Crippen molar-refractivity contribution in [2.45, 2.75) is 26.2 Å². The summed E-state index contributed by atoms with van der Waals surface area (Å²) < 4.78 is 13.5. The Morgan fingerprint density at radius 1 is 0.521 bits per heavy atom. The molecule has 3 nitrogen and oxygen atoms in total. The Labute approximate surface area is 282 Å². The molecular weight excluding hydrogens is 585 g/mol. The summed E-state index contributed by atoms with van der Waals surface area (Å²) in [7, 11) is 0. The smallest absolute Gasteiger partial charge is 0.260 e. The summed E-state index contributed by atoms with van der Waals surface area (Å²) >= 11 is 0. The molecular formula is C44H34BNO2. The number of hydrogen-bond donors (Lipinski definition) is 0. The Hall–Kier alpha value is -5.74. The molecule has 9 rings (SSSR count). The zero-order valence-corrected chi connectivity index (χ0v) is 27.3. The third-order valence-corrected chi connectivity index (χ3v) is 9.74. The molecule has 48 heavy (non-hydrogen) atoms. The molecule has 0 saturated heterocycles. The van der Waals surface area contributed by atoms with Crippen molar-refractivity contribution in [2.75, 3.05) is 4.90 Å². The maximum absolute atomic E-state index is 6.74. The minimum atomic E-state index is 0.0269. The molecule has 230 valence electrons. The molecule has 0 unspecified atom stereocenters. The Balaban J connectivity index is 1.32. The molecule has 0 aliphatic carbocycles. The molecule has 0 bridgehead atoms. The second-order valence-electron chi connectivity index (χ2n) is 13.7. The summed E-state index contributed by atoms with van der Waals surface area (Å²) in [5, 5.41) is 2.40. The van der Waals surface area contributed by atoms with Gasteiger partial charge in [0.1, 0.15) is 23.0 Å². The predicted molar refractivity (Wildman–Crippen MR) is 200 cm³/mol. The summed E-state index contributed by atoms with van der Waals surface area (Å²) in [5.41, 5.74) is 10.2. The van der Waals surface area contributed by atoms with Crippen LogP contribution in [0.2, 0.25) is 0 Å². The van der Waals surface area contributed by atoms with Crippen LogP contribution in [0, 0.1) is 0 Å². The molecule has 0 spiro atoms. The lowest BCUT2D eigenvalue weighted by Crippen LogP contribution is -2.57. The van der Waals surface area contributed by atoms with Gasteiger partial charge in [-0.15, -0.1) is 0 Å². The molecule has 0 N–H and O–H groups in total. The minimum Gasteiger partial charge on any atom is -0.458 e. The highest BCUT2D eigenvalue weighted by Crippen LogP contribution is 2.47. The zero-order valence-electron chi connectivity index (χ0n) is 27.3. The molecule has 0 amide bonds. The minimum absolute atomic E-state index is 0.0269. The summed E-state index contributed by atoms with van der Waals surface area (Å²) in [6.07, 6.45) is 0. The molecule has 2 aliphatic rings. The highest BCUT2D eigenvalue weighted by molar-refractivity contribution is 6.98. The third kappa shape index (κ3) is 4.59. The van der Waals surface area contributed by atoms with Crippen LogP contribution in [-0.2, 0) is 5.41 Å². The quantitative estimate of drug-likeness (QED) is 0.183. The van der Waals surface area contributed by atoms with Gasteiger partial charge in [-0.3, -0.25) is 0 Å². The molecule has 0 aromatic heterocycles. The van der Waals surface area contributed by atoms with Gasteiger partial charge in [-0.05, 0) is 68.6 Å². The zero-order chi connectivity index (χ0) is 32.4. The van der Waals surface area contributed by atoms with E-state index < -0.39 is 0 Å². The lowest BCUT2D eigenvalue weighted by molar-refractivity contribution is 0.465. The molecule has 2 aliphatic heterocycles. The van der Waals surface area contributed by atoms with Gasteiger partial charge in [0.2, 0.25) is 0 Å². The first kappa shape index (κ1) is 28.5. The average molecular weight is 620 g/mol. The lowest BCUT2D eigenvalue weighted by Gasteiger charge is -2.35. The summed E-state index contributed by atoms with van der Waals surface area (Å²) in [5.74, 6) is 3.40. The maximum Gasteiger partial charge on any atom is 0.260 e. The van der Waals surface area contributed by atoms with Crippen molar-refractivity contribution in [1.29, 1.82) is 0 Å². The van der Waals surface area contributed by atoms with Gasteiger partial charge in [0, 0.05) is 28.8 Å². The van der Waals surface area contributed by atoms with Crippen LogP contribution in [0.4, 0.5) is 17.1 Å². The fourth-order valence-electron chi connectivity index (χ4n) is 7.40. The number of ether oxygens (including phenoxy) is 2. The Kier molecular flexibility index (Phi) is 6.48. The second kappa shape index (κ2) is 10.9. The Bertz CT molecular complexity index is 2270. The van der Waals surface area contributed by atoms with E-state index in [0.29, 0.717) is 0 Å². The maximum atomic E-state index is 6.74. The number of fused-ring (bicyclic) bond motifs is 5. The number of para-hydroxylation sites is 2. The second-order valence-corrected chi connectivity index (χ2v) is 13.7. The van der Waals surface area contributed by atoms with Gasteiger partial charge in [0.05, 0.1) is 11.4 Å². The average Bonchev–Trinajstić information content (AvgIpc) is 3.11. The van der Waals surface area contributed by atoms with Crippen LogP contribution in [0.15, 0.2) is 152 Å². The third-order valence-electron chi connectivity index (χ3n) is 9.74. The molecule has 0 fully saturated rings. The number of hydrogen-bond acceptors (Lipinski definition) is 3. The van der Waals surface area contributed by atoms with Crippen molar-refractivity contribution in [1.82, 2.24) is 0 Å². The van der Waals surface area contributed by atoms with Gasteiger partial charge < -0.3 is 14.4 Å². The molecule has 7 aromatic rings. The number of anilines is 3. The monoisotopic (exact) mass is 619 g/mol. The number of nitrogens with zero attached hydrogens (tertiary/aromatic N) is 1. The van der Waals surface area contributed by atoms with E-state index in [1.807, 2.05) is 12.1 Å². The van der Waals surface area contributed by atoms with Crippen LogP contribution in [0.3, 0.4) is 0 Å². The highest BCUT2D eigenvalue weighted by Gasteiger charge is 2.40. The fraction of sp³-hybridized carbons (Fsp3) is 0.0909. The first-order chi connectivity index (χ1) is 23.4. The number of rotatable bonds is 4.